The molecule has 0 aliphatic rings. The van der Waals surface area contributed by atoms with E-state index < -0.39 is 12.5 Å². The lowest BCUT2D eigenvalue weighted by molar-refractivity contribution is -0.0512. The number of halogens is 2. The Morgan fingerprint density at radius 1 is 1.07 bits per heavy atom. The Hall–Kier alpha value is -3.68. The summed E-state index contributed by atoms with van der Waals surface area (Å²) in [5, 5.41) is 2.75. The smallest absolute Gasteiger partial charge is 0.387 e. The molecule has 29 heavy (non-hydrogen) atoms. The average Bonchev–Trinajstić information content (AvgIpc) is 2.70. The van der Waals surface area contributed by atoms with Gasteiger partial charge in [-0.3, -0.25) is 9.78 Å². The van der Waals surface area contributed by atoms with Crippen LogP contribution in [0, 0.1) is 6.92 Å². The normalized spacial score (nSPS) is 10.5. The first-order valence-corrected chi connectivity index (χ1v) is 8.59. The first kappa shape index (κ1) is 20.1. The van der Waals surface area contributed by atoms with Crippen LogP contribution in [0.5, 0.6) is 23.0 Å². The predicted molar refractivity (Wildman–Crippen MR) is 103 cm³/mol. The van der Waals surface area contributed by atoms with Crippen molar-refractivity contribution in [1.82, 2.24) is 4.98 Å². The molecule has 1 heterocycles. The van der Waals surface area contributed by atoms with E-state index in [0.29, 0.717) is 17.2 Å². The second-order valence-electron chi connectivity index (χ2n) is 5.97. The van der Waals surface area contributed by atoms with Gasteiger partial charge in [0.2, 0.25) is 0 Å². The summed E-state index contributed by atoms with van der Waals surface area (Å²) in [4.78, 5) is 16.5. The topological polar surface area (TPSA) is 69.7 Å². The minimum absolute atomic E-state index is 0.0364. The summed E-state index contributed by atoms with van der Waals surface area (Å²) < 4.78 is 40.0. The van der Waals surface area contributed by atoms with E-state index in [1.165, 1.54) is 25.3 Å². The van der Waals surface area contributed by atoms with E-state index >= 15 is 0 Å². The lowest BCUT2D eigenvalue weighted by Crippen LogP contribution is -2.12. The Bertz CT molecular complexity index is 997. The standard InChI is InChI=1S/C21H18F2N2O4/c1-13-10-15(6-8-17(13)28-16-4-3-9-24-12-16)25-20(26)14-5-7-18(29-21(22)23)19(11-14)27-2/h3-12,21H,1-2H3,(H,25,26). The maximum absolute atomic E-state index is 12.5. The Morgan fingerprint density at radius 2 is 1.86 bits per heavy atom. The second-order valence-corrected chi connectivity index (χ2v) is 5.97. The number of carbonyl (C=O) groups excluding carboxylic acids is 1. The molecule has 1 aromatic heterocycles. The fourth-order valence-corrected chi connectivity index (χ4v) is 2.58. The number of amides is 1. The zero-order chi connectivity index (χ0) is 20.8. The number of alkyl halides is 2. The molecule has 1 N–H and O–H groups in total. The summed E-state index contributed by atoms with van der Waals surface area (Å²) in [6, 6.07) is 12.7. The highest BCUT2D eigenvalue weighted by Crippen LogP contribution is 2.30. The molecule has 0 spiro atoms. The molecule has 0 fully saturated rings. The quantitative estimate of drug-likeness (QED) is 0.601. The van der Waals surface area contributed by atoms with Crippen LogP contribution in [0.25, 0.3) is 0 Å². The number of anilines is 1. The van der Waals surface area contributed by atoms with E-state index in [2.05, 4.69) is 15.0 Å². The second kappa shape index (κ2) is 9.01. The largest absolute Gasteiger partial charge is 0.493 e. The van der Waals surface area contributed by atoms with Crippen LogP contribution >= 0.6 is 0 Å². The number of benzene rings is 2. The summed E-state index contributed by atoms with van der Waals surface area (Å²) in [6.07, 6.45) is 3.25. The van der Waals surface area contributed by atoms with Crippen molar-refractivity contribution in [2.24, 2.45) is 0 Å². The SMILES string of the molecule is COc1cc(C(=O)Nc2ccc(Oc3cccnc3)c(C)c2)ccc1OC(F)F. The molecule has 0 aliphatic heterocycles. The average molecular weight is 400 g/mol. The molecule has 3 rings (SSSR count). The number of pyridine rings is 1. The molecule has 0 radical (unpaired) electrons. The Morgan fingerprint density at radius 3 is 2.52 bits per heavy atom. The van der Waals surface area contributed by atoms with Crippen LogP contribution in [0.15, 0.2) is 60.9 Å². The predicted octanol–water partition coefficient (Wildman–Crippen LogP) is 5.04. The number of nitrogens with zero attached hydrogens (tertiary/aromatic N) is 1. The summed E-state index contributed by atoms with van der Waals surface area (Å²) in [5.74, 6) is 0.699. The minimum atomic E-state index is -2.99. The molecule has 0 saturated heterocycles. The van der Waals surface area contributed by atoms with Gasteiger partial charge in [0.25, 0.3) is 5.91 Å². The van der Waals surface area contributed by atoms with Crippen molar-refractivity contribution in [3.8, 4) is 23.0 Å². The Kier molecular flexibility index (Phi) is 6.23. The van der Waals surface area contributed by atoms with E-state index in [4.69, 9.17) is 9.47 Å². The number of ether oxygens (including phenoxy) is 3. The van der Waals surface area contributed by atoms with Crippen molar-refractivity contribution >= 4 is 11.6 Å². The van der Waals surface area contributed by atoms with Crippen LogP contribution in [0.1, 0.15) is 15.9 Å². The third kappa shape index (κ3) is 5.19. The Labute approximate surface area is 166 Å². The highest BCUT2D eigenvalue weighted by Gasteiger charge is 2.15. The summed E-state index contributed by atoms with van der Waals surface area (Å²) in [7, 11) is 1.31. The minimum Gasteiger partial charge on any atom is -0.493 e. The van der Waals surface area contributed by atoms with Crippen molar-refractivity contribution < 1.29 is 27.8 Å². The van der Waals surface area contributed by atoms with Crippen molar-refractivity contribution in [2.75, 3.05) is 12.4 Å². The first-order chi connectivity index (χ1) is 14.0. The first-order valence-electron chi connectivity index (χ1n) is 8.59. The van der Waals surface area contributed by atoms with Gasteiger partial charge in [0.15, 0.2) is 11.5 Å². The summed E-state index contributed by atoms with van der Waals surface area (Å²) in [5.41, 5.74) is 1.60. The zero-order valence-electron chi connectivity index (χ0n) is 15.7. The molecular formula is C21H18F2N2O4. The van der Waals surface area contributed by atoms with Crippen LogP contribution in [-0.2, 0) is 0 Å². The lowest BCUT2D eigenvalue weighted by atomic mass is 10.1. The maximum atomic E-state index is 12.5. The molecule has 0 unspecified atom stereocenters. The van der Waals surface area contributed by atoms with E-state index in [0.717, 1.165) is 5.56 Å². The van der Waals surface area contributed by atoms with E-state index in [1.807, 2.05) is 6.92 Å². The monoisotopic (exact) mass is 400 g/mol. The van der Waals surface area contributed by atoms with Gasteiger partial charge in [-0.1, -0.05) is 0 Å². The van der Waals surface area contributed by atoms with Crippen LogP contribution in [0.4, 0.5) is 14.5 Å². The summed E-state index contributed by atoms with van der Waals surface area (Å²) >= 11 is 0. The van der Waals surface area contributed by atoms with Gasteiger partial charge in [-0.05, 0) is 61.0 Å². The number of nitrogens with one attached hydrogen (secondary N) is 1. The Balaban J connectivity index is 1.72. The molecule has 8 heteroatoms. The fourth-order valence-electron chi connectivity index (χ4n) is 2.58. The van der Waals surface area contributed by atoms with Gasteiger partial charge in [-0.2, -0.15) is 8.78 Å². The van der Waals surface area contributed by atoms with Crippen LogP contribution in [0.2, 0.25) is 0 Å². The number of hydrogen-bond donors (Lipinski definition) is 1. The maximum Gasteiger partial charge on any atom is 0.387 e. The molecule has 0 atom stereocenters. The van der Waals surface area contributed by atoms with E-state index in [9.17, 15) is 13.6 Å². The third-order valence-electron chi connectivity index (χ3n) is 3.94. The van der Waals surface area contributed by atoms with Gasteiger partial charge in [-0.15, -0.1) is 0 Å². The van der Waals surface area contributed by atoms with Crippen molar-refractivity contribution in [2.45, 2.75) is 13.5 Å². The van der Waals surface area contributed by atoms with Crippen molar-refractivity contribution in [1.29, 1.82) is 0 Å². The molecule has 0 saturated carbocycles. The van der Waals surface area contributed by atoms with E-state index in [-0.39, 0.29) is 17.1 Å². The number of aromatic nitrogens is 1. The van der Waals surface area contributed by atoms with Gasteiger partial charge in [0.05, 0.1) is 13.3 Å². The van der Waals surface area contributed by atoms with E-state index in [1.54, 1.807) is 42.7 Å². The van der Waals surface area contributed by atoms with Gasteiger partial charge in [0.1, 0.15) is 11.5 Å². The van der Waals surface area contributed by atoms with Crippen molar-refractivity contribution in [3.05, 3.63) is 72.1 Å². The molecule has 0 aliphatic carbocycles. The molecule has 0 bridgehead atoms. The van der Waals surface area contributed by atoms with Crippen LogP contribution < -0.4 is 19.5 Å². The van der Waals surface area contributed by atoms with Gasteiger partial charge in [-0.25, -0.2) is 0 Å². The van der Waals surface area contributed by atoms with Gasteiger partial charge < -0.3 is 19.5 Å². The molecule has 6 nitrogen and oxygen atoms in total. The number of methoxy groups -OCH3 is 1. The highest BCUT2D eigenvalue weighted by atomic mass is 19.3. The molecule has 150 valence electrons. The summed E-state index contributed by atoms with van der Waals surface area (Å²) in [6.45, 7) is -1.14. The molecular weight excluding hydrogens is 382 g/mol. The van der Waals surface area contributed by atoms with Crippen LogP contribution in [0.3, 0.4) is 0 Å². The number of carbonyl (C=O) groups is 1. The van der Waals surface area contributed by atoms with Crippen molar-refractivity contribution in [3.63, 3.8) is 0 Å². The highest BCUT2D eigenvalue weighted by molar-refractivity contribution is 6.04. The molecule has 3 aromatic rings. The molecule has 2 aromatic carbocycles. The lowest BCUT2D eigenvalue weighted by Gasteiger charge is -2.13. The van der Waals surface area contributed by atoms with Crippen LogP contribution in [-0.4, -0.2) is 24.6 Å². The number of rotatable bonds is 7. The van der Waals surface area contributed by atoms with Gasteiger partial charge >= 0.3 is 6.61 Å². The number of aryl methyl sites for hydroxylation is 1. The third-order valence-corrected chi connectivity index (χ3v) is 3.94. The zero-order valence-corrected chi connectivity index (χ0v) is 15.7. The fraction of sp³-hybridized carbons (Fsp3) is 0.143. The molecule has 1 amide bonds. The van der Waals surface area contributed by atoms with Gasteiger partial charge in [0, 0.05) is 17.4 Å². The number of hydrogen-bond acceptors (Lipinski definition) is 5.